The number of hydrogen-bond acceptors (Lipinski definition) is 5. The first-order chi connectivity index (χ1) is 16.1. The Balaban J connectivity index is 1.45. The minimum atomic E-state index is -3.46. The van der Waals surface area contributed by atoms with E-state index in [9.17, 15) is 22.8 Å². The number of sulfonamides is 1. The van der Waals surface area contributed by atoms with Gasteiger partial charge in [-0.2, -0.15) is 0 Å². The number of rotatable bonds is 6. The standard InChI is InChI=1S/C25H23N3O5S/c1-15(2)34(32,33)27-20-11-6-17(7-12-20)23(29)26-19-9-4-16(5-10-19)18-8-13-21-22(14-18)25(31)28(3)24(21)30/h4-15,27H,1-3H3,(H,26,29). The predicted molar refractivity (Wildman–Crippen MR) is 130 cm³/mol. The SMILES string of the molecule is CC(C)S(=O)(=O)Nc1ccc(C(=O)Nc2ccc(-c3ccc4c(c3)C(=O)N(C)C4=O)cc2)cc1. The molecule has 0 aliphatic carbocycles. The van der Waals surface area contributed by atoms with Crippen LogP contribution in [0.3, 0.4) is 0 Å². The molecule has 0 aromatic heterocycles. The van der Waals surface area contributed by atoms with E-state index in [1.54, 1.807) is 56.3 Å². The summed E-state index contributed by atoms with van der Waals surface area (Å²) in [7, 11) is -2.00. The molecule has 0 bridgehead atoms. The molecule has 3 aromatic rings. The van der Waals surface area contributed by atoms with Crippen molar-refractivity contribution >= 4 is 39.1 Å². The van der Waals surface area contributed by atoms with Crippen molar-refractivity contribution in [2.75, 3.05) is 17.1 Å². The Bertz CT molecular complexity index is 1400. The van der Waals surface area contributed by atoms with Gasteiger partial charge >= 0.3 is 0 Å². The molecule has 0 fully saturated rings. The Morgan fingerprint density at radius 1 is 0.794 bits per heavy atom. The molecular formula is C25H23N3O5S. The van der Waals surface area contributed by atoms with Crippen molar-refractivity contribution in [3.05, 3.63) is 83.4 Å². The summed E-state index contributed by atoms with van der Waals surface area (Å²) in [6.45, 7) is 3.16. The van der Waals surface area contributed by atoms with Gasteiger partial charge in [-0.25, -0.2) is 8.42 Å². The number of carbonyl (C=O) groups is 3. The highest BCUT2D eigenvalue weighted by Crippen LogP contribution is 2.28. The number of fused-ring (bicyclic) bond motifs is 1. The summed E-state index contributed by atoms with van der Waals surface area (Å²) >= 11 is 0. The largest absolute Gasteiger partial charge is 0.322 e. The van der Waals surface area contributed by atoms with Gasteiger partial charge in [-0.3, -0.25) is 24.0 Å². The molecule has 0 spiro atoms. The van der Waals surface area contributed by atoms with Crippen LogP contribution < -0.4 is 10.0 Å². The van der Waals surface area contributed by atoms with Gasteiger partial charge in [0.2, 0.25) is 10.0 Å². The molecule has 1 aliphatic heterocycles. The van der Waals surface area contributed by atoms with E-state index in [1.165, 1.54) is 19.2 Å². The highest BCUT2D eigenvalue weighted by atomic mass is 32.2. The topological polar surface area (TPSA) is 113 Å². The van der Waals surface area contributed by atoms with Crippen LogP contribution in [0, 0.1) is 0 Å². The van der Waals surface area contributed by atoms with Crippen LogP contribution in [0.15, 0.2) is 66.7 Å². The Morgan fingerprint density at radius 2 is 1.35 bits per heavy atom. The number of imide groups is 1. The van der Waals surface area contributed by atoms with Crippen molar-refractivity contribution < 1.29 is 22.8 Å². The number of nitrogens with one attached hydrogen (secondary N) is 2. The zero-order valence-corrected chi connectivity index (χ0v) is 19.6. The Kier molecular flexibility index (Phi) is 5.97. The molecular weight excluding hydrogens is 454 g/mol. The van der Waals surface area contributed by atoms with E-state index < -0.39 is 15.3 Å². The molecule has 34 heavy (non-hydrogen) atoms. The lowest BCUT2D eigenvalue weighted by Gasteiger charge is -2.11. The van der Waals surface area contributed by atoms with Crippen LogP contribution in [0.1, 0.15) is 44.9 Å². The maximum Gasteiger partial charge on any atom is 0.261 e. The van der Waals surface area contributed by atoms with Crippen LogP contribution in [-0.2, 0) is 10.0 Å². The van der Waals surface area contributed by atoms with Crippen LogP contribution in [0.4, 0.5) is 11.4 Å². The van der Waals surface area contributed by atoms with Gasteiger partial charge in [0.25, 0.3) is 17.7 Å². The van der Waals surface area contributed by atoms with E-state index >= 15 is 0 Å². The number of hydrogen-bond donors (Lipinski definition) is 2. The summed E-state index contributed by atoms with van der Waals surface area (Å²) in [5.74, 6) is -0.973. The highest BCUT2D eigenvalue weighted by Gasteiger charge is 2.32. The molecule has 0 saturated heterocycles. The predicted octanol–water partition coefficient (Wildman–Crippen LogP) is 3.98. The van der Waals surface area contributed by atoms with Crippen LogP contribution in [0.25, 0.3) is 11.1 Å². The van der Waals surface area contributed by atoms with E-state index in [0.29, 0.717) is 28.1 Å². The van der Waals surface area contributed by atoms with Gasteiger partial charge in [-0.05, 0) is 73.5 Å². The van der Waals surface area contributed by atoms with Crippen molar-refractivity contribution in [2.24, 2.45) is 0 Å². The fourth-order valence-electron chi connectivity index (χ4n) is 3.46. The molecule has 174 valence electrons. The monoisotopic (exact) mass is 477 g/mol. The fourth-order valence-corrected chi connectivity index (χ4v) is 4.16. The van der Waals surface area contributed by atoms with Crippen molar-refractivity contribution in [3.63, 3.8) is 0 Å². The molecule has 0 atom stereocenters. The van der Waals surface area contributed by atoms with Crippen molar-refractivity contribution in [1.82, 2.24) is 4.90 Å². The van der Waals surface area contributed by atoms with Gasteiger partial charge in [0, 0.05) is 24.0 Å². The second-order valence-electron chi connectivity index (χ2n) is 8.23. The molecule has 9 heteroatoms. The van der Waals surface area contributed by atoms with Gasteiger partial charge in [-0.15, -0.1) is 0 Å². The Labute approximate surface area is 197 Å². The van der Waals surface area contributed by atoms with Gasteiger partial charge in [0.05, 0.1) is 16.4 Å². The molecule has 3 aromatic carbocycles. The van der Waals surface area contributed by atoms with Gasteiger partial charge in [0.15, 0.2) is 0 Å². The Morgan fingerprint density at radius 3 is 1.97 bits per heavy atom. The zero-order valence-electron chi connectivity index (χ0n) is 18.8. The minimum Gasteiger partial charge on any atom is -0.322 e. The van der Waals surface area contributed by atoms with Gasteiger partial charge in [-0.1, -0.05) is 18.2 Å². The molecule has 4 rings (SSSR count). The molecule has 0 saturated carbocycles. The minimum absolute atomic E-state index is 0.310. The molecule has 1 aliphatic rings. The number of benzene rings is 3. The smallest absolute Gasteiger partial charge is 0.261 e. The molecule has 2 N–H and O–H groups in total. The van der Waals surface area contributed by atoms with Gasteiger partial charge < -0.3 is 5.32 Å². The van der Waals surface area contributed by atoms with E-state index in [0.717, 1.165) is 16.0 Å². The van der Waals surface area contributed by atoms with E-state index in [1.807, 2.05) is 12.1 Å². The fraction of sp³-hybridized carbons (Fsp3) is 0.160. The second-order valence-corrected chi connectivity index (χ2v) is 10.5. The van der Waals surface area contributed by atoms with Crippen molar-refractivity contribution in [2.45, 2.75) is 19.1 Å². The molecule has 1 heterocycles. The van der Waals surface area contributed by atoms with Crippen LogP contribution in [0.2, 0.25) is 0 Å². The van der Waals surface area contributed by atoms with E-state index in [4.69, 9.17) is 0 Å². The van der Waals surface area contributed by atoms with Crippen molar-refractivity contribution in [1.29, 1.82) is 0 Å². The first kappa shape index (κ1) is 23.2. The van der Waals surface area contributed by atoms with Gasteiger partial charge in [0.1, 0.15) is 0 Å². The third-order valence-corrected chi connectivity index (χ3v) is 7.35. The lowest BCUT2D eigenvalue weighted by molar-refractivity contribution is 0.0692. The summed E-state index contributed by atoms with van der Waals surface area (Å²) in [4.78, 5) is 38.0. The molecule has 0 unspecified atom stereocenters. The number of nitrogens with zero attached hydrogens (tertiary/aromatic N) is 1. The first-order valence-corrected chi connectivity index (χ1v) is 12.1. The summed E-state index contributed by atoms with van der Waals surface area (Å²) in [5, 5.41) is 2.23. The number of amides is 3. The lowest BCUT2D eigenvalue weighted by Crippen LogP contribution is -2.24. The number of carbonyl (C=O) groups excluding carboxylic acids is 3. The second kappa shape index (κ2) is 8.75. The molecule has 3 amide bonds. The maximum absolute atomic E-state index is 12.6. The quantitative estimate of drug-likeness (QED) is 0.522. The van der Waals surface area contributed by atoms with Crippen molar-refractivity contribution in [3.8, 4) is 11.1 Å². The zero-order chi connectivity index (χ0) is 24.6. The van der Waals surface area contributed by atoms with Crippen LogP contribution in [0.5, 0.6) is 0 Å². The summed E-state index contributed by atoms with van der Waals surface area (Å²) in [6.07, 6.45) is 0. The molecule has 0 radical (unpaired) electrons. The lowest BCUT2D eigenvalue weighted by atomic mass is 10.00. The maximum atomic E-state index is 12.6. The van der Waals surface area contributed by atoms with E-state index in [-0.39, 0.29) is 17.7 Å². The number of anilines is 2. The normalized spacial score (nSPS) is 13.2. The van der Waals surface area contributed by atoms with Crippen LogP contribution in [-0.4, -0.2) is 43.3 Å². The summed E-state index contributed by atoms with van der Waals surface area (Å²) < 4.78 is 26.4. The molecule has 8 nitrogen and oxygen atoms in total. The Hall–Kier alpha value is -3.98. The van der Waals surface area contributed by atoms with Crippen LogP contribution >= 0.6 is 0 Å². The summed E-state index contributed by atoms with van der Waals surface area (Å²) in [6, 6.07) is 18.4. The van der Waals surface area contributed by atoms with E-state index in [2.05, 4.69) is 10.0 Å². The average Bonchev–Trinajstić information content (AvgIpc) is 3.03. The highest BCUT2D eigenvalue weighted by molar-refractivity contribution is 7.93. The third-order valence-electron chi connectivity index (χ3n) is 5.59. The first-order valence-electron chi connectivity index (χ1n) is 10.6. The summed E-state index contributed by atoms with van der Waals surface area (Å²) in [5.41, 5.74) is 3.72. The average molecular weight is 478 g/mol. The third kappa shape index (κ3) is 4.42.